The lowest BCUT2D eigenvalue weighted by atomic mass is 9.76. The predicted octanol–water partition coefficient (Wildman–Crippen LogP) is 5.47. The summed E-state index contributed by atoms with van der Waals surface area (Å²) >= 11 is 0. The van der Waals surface area contributed by atoms with Crippen molar-refractivity contribution in [3.63, 3.8) is 0 Å². The lowest BCUT2D eigenvalue weighted by molar-refractivity contribution is -0.135. The molecule has 8 nitrogen and oxygen atoms in total. The van der Waals surface area contributed by atoms with Gasteiger partial charge in [0.1, 0.15) is 17.5 Å². The molecule has 2 atom stereocenters. The monoisotopic (exact) mass is 512 g/mol. The fraction of sp³-hybridized carbons (Fsp3) is 0.400. The van der Waals surface area contributed by atoms with Crippen molar-refractivity contribution in [1.29, 1.82) is 0 Å². The number of likely N-dealkylation sites (tertiary alicyclic amines) is 1. The van der Waals surface area contributed by atoms with Crippen molar-refractivity contribution >= 4 is 5.91 Å². The van der Waals surface area contributed by atoms with Gasteiger partial charge in [-0.3, -0.25) is 4.79 Å². The molecule has 8 heteroatoms. The van der Waals surface area contributed by atoms with Crippen molar-refractivity contribution in [2.24, 2.45) is 11.3 Å². The number of nitrogens with zero attached hydrogens (tertiary/aromatic N) is 6. The van der Waals surface area contributed by atoms with E-state index in [-0.39, 0.29) is 11.3 Å². The molecule has 4 aromatic rings. The second kappa shape index (κ2) is 10.4. The number of aryl methyl sites for hydroxylation is 1. The van der Waals surface area contributed by atoms with Crippen LogP contribution in [0.2, 0.25) is 0 Å². The Morgan fingerprint density at radius 1 is 1.08 bits per heavy atom. The van der Waals surface area contributed by atoms with Gasteiger partial charge in [0, 0.05) is 24.8 Å². The summed E-state index contributed by atoms with van der Waals surface area (Å²) in [6.45, 7) is 10.1. The summed E-state index contributed by atoms with van der Waals surface area (Å²) < 4.78 is 9.39. The normalized spacial score (nSPS) is 18.4. The lowest BCUT2D eigenvalue weighted by Gasteiger charge is -2.30. The first-order valence-corrected chi connectivity index (χ1v) is 13.2. The van der Waals surface area contributed by atoms with Crippen molar-refractivity contribution in [3.05, 3.63) is 78.5 Å². The maximum Gasteiger partial charge on any atom is 0.247 e. The number of carbonyl (C=O) groups excluding carboxylic acids is 1. The number of imidazole rings is 1. The Balaban J connectivity index is 1.45. The molecule has 1 aliphatic heterocycles. The Kier molecular flexibility index (Phi) is 7.06. The van der Waals surface area contributed by atoms with E-state index in [4.69, 9.17) is 4.74 Å². The van der Waals surface area contributed by atoms with E-state index < -0.39 is 6.04 Å². The van der Waals surface area contributed by atoms with Crippen molar-refractivity contribution < 1.29 is 9.53 Å². The predicted molar refractivity (Wildman–Crippen MR) is 147 cm³/mol. The minimum atomic E-state index is -0.401. The first-order chi connectivity index (χ1) is 18.2. The topological polar surface area (TPSA) is 78.1 Å². The van der Waals surface area contributed by atoms with Crippen LogP contribution in [0.15, 0.2) is 67.3 Å². The smallest absolute Gasteiger partial charge is 0.247 e. The molecule has 0 N–H and O–H groups in total. The van der Waals surface area contributed by atoms with Crippen LogP contribution in [0.5, 0.6) is 5.75 Å². The van der Waals surface area contributed by atoms with E-state index in [2.05, 4.69) is 48.2 Å². The molecule has 0 bridgehead atoms. The van der Waals surface area contributed by atoms with E-state index >= 15 is 0 Å². The SMILES string of the molecule is COc1cc(-c2cn(C3CC(C(C)(C)C)CCN(Cc4ccccc4)C3=O)nn2)ccc1-n1cnc(C)c1. The second-order valence-electron chi connectivity index (χ2n) is 11.2. The molecule has 2 aromatic heterocycles. The number of amides is 1. The van der Waals surface area contributed by atoms with Gasteiger partial charge in [0.25, 0.3) is 0 Å². The Bertz CT molecular complexity index is 1400. The minimum absolute atomic E-state index is 0.0829. The van der Waals surface area contributed by atoms with Gasteiger partial charge in [-0.25, -0.2) is 9.67 Å². The van der Waals surface area contributed by atoms with E-state index in [1.54, 1.807) is 18.1 Å². The highest BCUT2D eigenvalue weighted by Gasteiger charge is 2.37. The summed E-state index contributed by atoms with van der Waals surface area (Å²) in [5.74, 6) is 1.19. The molecule has 3 heterocycles. The molecule has 2 aromatic carbocycles. The third-order valence-electron chi connectivity index (χ3n) is 7.59. The zero-order valence-corrected chi connectivity index (χ0v) is 22.8. The van der Waals surface area contributed by atoms with Gasteiger partial charge in [-0.1, -0.05) is 62.4 Å². The van der Waals surface area contributed by atoms with E-state index in [1.807, 2.05) is 65.2 Å². The Hall–Kier alpha value is -3.94. The molecule has 2 unspecified atom stereocenters. The summed E-state index contributed by atoms with van der Waals surface area (Å²) in [6.07, 6.45) is 7.32. The first-order valence-electron chi connectivity index (χ1n) is 13.2. The summed E-state index contributed by atoms with van der Waals surface area (Å²) in [5, 5.41) is 8.94. The summed E-state index contributed by atoms with van der Waals surface area (Å²) in [4.78, 5) is 20.2. The van der Waals surface area contributed by atoms with Gasteiger partial charge in [-0.15, -0.1) is 5.10 Å². The largest absolute Gasteiger partial charge is 0.495 e. The molecule has 0 spiro atoms. The number of carbonyl (C=O) groups is 1. The van der Waals surface area contributed by atoms with Gasteiger partial charge in [-0.2, -0.15) is 0 Å². The summed E-state index contributed by atoms with van der Waals surface area (Å²) in [7, 11) is 1.65. The van der Waals surface area contributed by atoms with Gasteiger partial charge in [0.2, 0.25) is 5.91 Å². The summed E-state index contributed by atoms with van der Waals surface area (Å²) in [5.41, 5.74) is 4.63. The zero-order chi connectivity index (χ0) is 26.9. The standard InChI is InChI=1S/C30H36N6O2/c1-21-17-35(20-31-21)26-12-11-23(15-28(26)38-5)25-19-36(33-32-25)27-16-24(30(2,3)4)13-14-34(29(27)37)18-22-9-7-6-8-10-22/h6-12,15,17,19-20,24,27H,13-14,16,18H2,1-5H3. The molecule has 1 amide bonds. The molecule has 1 aliphatic rings. The minimum Gasteiger partial charge on any atom is -0.495 e. The molecule has 38 heavy (non-hydrogen) atoms. The van der Waals surface area contributed by atoms with Crippen LogP contribution in [0.25, 0.3) is 16.9 Å². The Labute approximate surface area is 224 Å². The number of hydrogen-bond acceptors (Lipinski definition) is 5. The Morgan fingerprint density at radius 3 is 2.55 bits per heavy atom. The third kappa shape index (κ3) is 5.35. The van der Waals surface area contributed by atoms with E-state index in [9.17, 15) is 4.79 Å². The summed E-state index contributed by atoms with van der Waals surface area (Å²) in [6, 6.07) is 15.7. The van der Waals surface area contributed by atoms with Crippen molar-refractivity contribution in [1.82, 2.24) is 29.4 Å². The fourth-order valence-electron chi connectivity index (χ4n) is 5.25. The fourth-order valence-corrected chi connectivity index (χ4v) is 5.25. The van der Waals surface area contributed by atoms with E-state index in [1.165, 1.54) is 0 Å². The number of hydrogen-bond donors (Lipinski definition) is 0. The molecule has 198 valence electrons. The van der Waals surface area contributed by atoms with Gasteiger partial charge in [0.05, 0.1) is 31.0 Å². The molecule has 0 radical (unpaired) electrons. The second-order valence-corrected chi connectivity index (χ2v) is 11.2. The van der Waals surface area contributed by atoms with Crippen LogP contribution in [0, 0.1) is 18.3 Å². The highest BCUT2D eigenvalue weighted by molar-refractivity contribution is 5.81. The number of ether oxygens (including phenoxy) is 1. The highest BCUT2D eigenvalue weighted by Crippen LogP contribution is 2.39. The molecule has 1 fully saturated rings. The van der Waals surface area contributed by atoms with E-state index in [0.717, 1.165) is 41.9 Å². The van der Waals surface area contributed by atoms with Crippen molar-refractivity contribution in [2.75, 3.05) is 13.7 Å². The molecule has 1 saturated heterocycles. The zero-order valence-electron chi connectivity index (χ0n) is 22.8. The van der Waals surface area contributed by atoms with Crippen molar-refractivity contribution in [3.8, 4) is 22.7 Å². The molecule has 0 aliphatic carbocycles. The molecule has 0 saturated carbocycles. The van der Waals surface area contributed by atoms with Crippen molar-refractivity contribution in [2.45, 2.75) is 53.1 Å². The van der Waals surface area contributed by atoms with Crippen LogP contribution in [0.1, 0.15) is 50.9 Å². The first kappa shape index (κ1) is 25.7. The van der Waals surface area contributed by atoms with Crippen LogP contribution >= 0.6 is 0 Å². The molecular formula is C30H36N6O2. The van der Waals surface area contributed by atoms with Crippen LogP contribution in [0.4, 0.5) is 0 Å². The number of rotatable bonds is 6. The Morgan fingerprint density at radius 2 is 1.87 bits per heavy atom. The average molecular weight is 513 g/mol. The van der Waals surface area contributed by atoms with E-state index in [0.29, 0.717) is 23.9 Å². The number of methoxy groups -OCH3 is 1. The van der Waals surface area contributed by atoms with Crippen LogP contribution in [-0.2, 0) is 11.3 Å². The maximum absolute atomic E-state index is 13.9. The highest BCUT2D eigenvalue weighted by atomic mass is 16.5. The van der Waals surface area contributed by atoms with Gasteiger partial charge in [-0.05, 0) is 48.8 Å². The van der Waals surface area contributed by atoms with Crippen LogP contribution < -0.4 is 4.74 Å². The van der Waals surface area contributed by atoms with Gasteiger partial charge >= 0.3 is 0 Å². The molecular weight excluding hydrogens is 476 g/mol. The maximum atomic E-state index is 13.9. The molecule has 5 rings (SSSR count). The van der Waals surface area contributed by atoms with Gasteiger partial charge in [0.15, 0.2) is 0 Å². The number of aromatic nitrogens is 5. The average Bonchev–Trinajstić information content (AvgIpc) is 3.53. The lowest BCUT2D eigenvalue weighted by Crippen LogP contribution is -2.36. The third-order valence-corrected chi connectivity index (χ3v) is 7.59. The van der Waals surface area contributed by atoms with Gasteiger partial charge < -0.3 is 14.2 Å². The van der Waals surface area contributed by atoms with Crippen LogP contribution in [-0.4, -0.2) is 49.0 Å². The quantitative estimate of drug-likeness (QED) is 0.342. The van der Waals surface area contributed by atoms with Crippen LogP contribution in [0.3, 0.4) is 0 Å². The number of benzene rings is 2.